The third-order valence-corrected chi connectivity index (χ3v) is 5.17. The maximum absolute atomic E-state index is 12.4. The molecule has 3 aliphatic rings. The van der Waals surface area contributed by atoms with E-state index in [0.29, 0.717) is 18.7 Å². The van der Waals surface area contributed by atoms with Crippen molar-refractivity contribution in [2.45, 2.75) is 63.5 Å². The number of likely N-dealkylation sites (tertiary alicyclic amines) is 1. The van der Waals surface area contributed by atoms with Crippen molar-refractivity contribution in [3.8, 4) is 0 Å². The predicted octanol–water partition coefficient (Wildman–Crippen LogP) is 0.562. The lowest BCUT2D eigenvalue weighted by Crippen LogP contribution is -2.51. The minimum Gasteiger partial charge on any atom is -0.351 e. The Balaban J connectivity index is 1.42. The fraction of sp³-hybridized carbons (Fsp3) is 0.812. The van der Waals surface area contributed by atoms with Crippen LogP contribution in [0.4, 0.5) is 0 Å². The molecule has 3 fully saturated rings. The molecule has 2 N–H and O–H groups in total. The van der Waals surface area contributed by atoms with Crippen LogP contribution < -0.4 is 10.6 Å². The van der Waals surface area contributed by atoms with E-state index in [1.54, 1.807) is 0 Å². The smallest absolute Gasteiger partial charge is 0.242 e. The number of carbonyl (C=O) groups is 3. The number of nitrogens with zero attached hydrogens (tertiary/aromatic N) is 1. The highest BCUT2D eigenvalue weighted by Crippen LogP contribution is 2.27. The van der Waals surface area contributed by atoms with Crippen LogP contribution in [0.15, 0.2) is 0 Å². The summed E-state index contributed by atoms with van der Waals surface area (Å²) in [4.78, 5) is 37.6. The van der Waals surface area contributed by atoms with Gasteiger partial charge in [0.25, 0.3) is 0 Å². The summed E-state index contributed by atoms with van der Waals surface area (Å²) in [5.41, 5.74) is 0. The Labute approximate surface area is 131 Å². The molecule has 2 saturated heterocycles. The molecule has 1 atom stereocenters. The van der Waals surface area contributed by atoms with E-state index >= 15 is 0 Å². The second kappa shape index (κ2) is 6.67. The monoisotopic (exact) mass is 307 g/mol. The highest BCUT2D eigenvalue weighted by atomic mass is 16.2. The van der Waals surface area contributed by atoms with E-state index in [1.165, 1.54) is 12.8 Å². The Kier molecular flexibility index (Phi) is 4.64. The Hall–Kier alpha value is -1.59. The number of hydrogen-bond donors (Lipinski definition) is 2. The van der Waals surface area contributed by atoms with E-state index in [4.69, 9.17) is 0 Å². The third kappa shape index (κ3) is 3.42. The lowest BCUT2D eigenvalue weighted by molar-refractivity contribution is -0.136. The minimum absolute atomic E-state index is 0.0443. The van der Waals surface area contributed by atoms with Gasteiger partial charge in [-0.3, -0.25) is 14.4 Å². The first-order valence-electron chi connectivity index (χ1n) is 8.52. The summed E-state index contributed by atoms with van der Waals surface area (Å²) in [5.74, 6) is 0.425. The lowest BCUT2D eigenvalue weighted by atomic mass is 10.0. The standard InChI is InChI=1S/C16H25N3O3/c20-14-6-5-13(18-14)15(21)17-12-7-9-19(10-8-12)16(22)11-3-1-2-4-11/h11-13H,1-10H2,(H,17,21)(H,18,20). The van der Waals surface area contributed by atoms with E-state index in [9.17, 15) is 14.4 Å². The third-order valence-electron chi connectivity index (χ3n) is 5.17. The van der Waals surface area contributed by atoms with Crippen molar-refractivity contribution in [3.05, 3.63) is 0 Å². The molecule has 0 aromatic carbocycles. The normalized spacial score (nSPS) is 27.0. The van der Waals surface area contributed by atoms with E-state index in [-0.39, 0.29) is 29.8 Å². The Morgan fingerprint density at radius 2 is 1.73 bits per heavy atom. The van der Waals surface area contributed by atoms with Crippen molar-refractivity contribution in [3.63, 3.8) is 0 Å². The summed E-state index contributed by atoms with van der Waals surface area (Å²) < 4.78 is 0. The molecule has 1 unspecified atom stereocenters. The van der Waals surface area contributed by atoms with Crippen LogP contribution in [0.5, 0.6) is 0 Å². The van der Waals surface area contributed by atoms with Gasteiger partial charge >= 0.3 is 0 Å². The summed E-state index contributed by atoms with van der Waals surface area (Å²) in [6.07, 6.45) is 7.08. The molecule has 122 valence electrons. The fourth-order valence-electron chi connectivity index (χ4n) is 3.79. The predicted molar refractivity (Wildman–Crippen MR) is 80.9 cm³/mol. The second-order valence-corrected chi connectivity index (χ2v) is 6.75. The van der Waals surface area contributed by atoms with Gasteiger partial charge in [-0.15, -0.1) is 0 Å². The highest BCUT2D eigenvalue weighted by Gasteiger charge is 2.32. The molecule has 0 aromatic heterocycles. The van der Waals surface area contributed by atoms with Gasteiger partial charge in [0.05, 0.1) is 0 Å². The van der Waals surface area contributed by atoms with Crippen molar-refractivity contribution in [2.24, 2.45) is 5.92 Å². The summed E-state index contributed by atoms with van der Waals surface area (Å²) in [5, 5.41) is 5.71. The van der Waals surface area contributed by atoms with Crippen molar-refractivity contribution in [2.75, 3.05) is 13.1 Å². The largest absolute Gasteiger partial charge is 0.351 e. The SMILES string of the molecule is O=C1CCC(C(=O)NC2CCN(C(=O)C3CCCC3)CC2)N1. The van der Waals surface area contributed by atoms with E-state index in [2.05, 4.69) is 10.6 Å². The first-order chi connectivity index (χ1) is 10.6. The van der Waals surface area contributed by atoms with Crippen LogP contribution in [-0.2, 0) is 14.4 Å². The molecule has 6 nitrogen and oxygen atoms in total. The Morgan fingerprint density at radius 1 is 1.05 bits per heavy atom. The molecule has 0 bridgehead atoms. The van der Waals surface area contributed by atoms with Crippen molar-refractivity contribution >= 4 is 17.7 Å². The molecule has 3 rings (SSSR count). The molecule has 0 spiro atoms. The zero-order valence-corrected chi connectivity index (χ0v) is 13.0. The topological polar surface area (TPSA) is 78.5 Å². The number of piperidine rings is 1. The minimum atomic E-state index is -0.370. The average molecular weight is 307 g/mol. The van der Waals surface area contributed by atoms with Gasteiger partial charge in [0.1, 0.15) is 6.04 Å². The fourth-order valence-corrected chi connectivity index (χ4v) is 3.79. The molecule has 2 aliphatic heterocycles. The summed E-state index contributed by atoms with van der Waals surface area (Å²) in [6, 6.07) is -0.247. The average Bonchev–Trinajstić information content (AvgIpc) is 3.18. The first kappa shape index (κ1) is 15.3. The molecule has 0 radical (unpaired) electrons. The van der Waals surface area contributed by atoms with Gasteiger partial charge in [-0.1, -0.05) is 12.8 Å². The Bertz CT molecular complexity index is 452. The summed E-state index contributed by atoms with van der Waals surface area (Å²) in [7, 11) is 0. The number of amides is 3. The highest BCUT2D eigenvalue weighted by molar-refractivity contribution is 5.90. The summed E-state index contributed by atoms with van der Waals surface area (Å²) >= 11 is 0. The van der Waals surface area contributed by atoms with Crippen LogP contribution in [0.1, 0.15) is 51.4 Å². The number of hydrogen-bond acceptors (Lipinski definition) is 3. The van der Waals surface area contributed by atoms with E-state index < -0.39 is 0 Å². The van der Waals surface area contributed by atoms with Gasteiger partial charge < -0.3 is 15.5 Å². The van der Waals surface area contributed by atoms with Crippen LogP contribution in [0.25, 0.3) is 0 Å². The van der Waals surface area contributed by atoms with Gasteiger partial charge in [0.2, 0.25) is 17.7 Å². The first-order valence-corrected chi connectivity index (χ1v) is 8.52. The maximum Gasteiger partial charge on any atom is 0.242 e. The van der Waals surface area contributed by atoms with Crippen molar-refractivity contribution < 1.29 is 14.4 Å². The molecule has 1 saturated carbocycles. The molecule has 6 heteroatoms. The molecule has 3 amide bonds. The maximum atomic E-state index is 12.4. The van der Waals surface area contributed by atoms with Crippen LogP contribution in [-0.4, -0.2) is 47.8 Å². The zero-order chi connectivity index (χ0) is 15.5. The van der Waals surface area contributed by atoms with Gasteiger partial charge in [-0.05, 0) is 32.1 Å². The summed E-state index contributed by atoms with van der Waals surface area (Å²) in [6.45, 7) is 1.47. The number of nitrogens with one attached hydrogen (secondary N) is 2. The number of rotatable bonds is 3. The molecule has 1 aliphatic carbocycles. The lowest BCUT2D eigenvalue weighted by Gasteiger charge is -2.34. The van der Waals surface area contributed by atoms with Gasteiger partial charge in [0.15, 0.2) is 0 Å². The van der Waals surface area contributed by atoms with Crippen LogP contribution in [0.2, 0.25) is 0 Å². The Morgan fingerprint density at radius 3 is 2.32 bits per heavy atom. The van der Waals surface area contributed by atoms with E-state index in [1.807, 2.05) is 4.90 Å². The van der Waals surface area contributed by atoms with Gasteiger partial charge in [-0.25, -0.2) is 0 Å². The quantitative estimate of drug-likeness (QED) is 0.800. The molecule has 2 heterocycles. The molecule has 0 aromatic rings. The van der Waals surface area contributed by atoms with Crippen LogP contribution in [0, 0.1) is 5.92 Å². The molecular weight excluding hydrogens is 282 g/mol. The number of carbonyl (C=O) groups excluding carboxylic acids is 3. The van der Waals surface area contributed by atoms with Gasteiger partial charge in [0, 0.05) is 31.5 Å². The zero-order valence-electron chi connectivity index (χ0n) is 13.0. The van der Waals surface area contributed by atoms with E-state index in [0.717, 1.165) is 38.8 Å². The van der Waals surface area contributed by atoms with Crippen molar-refractivity contribution in [1.82, 2.24) is 15.5 Å². The van der Waals surface area contributed by atoms with Crippen LogP contribution >= 0.6 is 0 Å². The molecule has 22 heavy (non-hydrogen) atoms. The van der Waals surface area contributed by atoms with Crippen molar-refractivity contribution in [1.29, 1.82) is 0 Å². The van der Waals surface area contributed by atoms with Gasteiger partial charge in [-0.2, -0.15) is 0 Å². The molecular formula is C16H25N3O3. The second-order valence-electron chi connectivity index (χ2n) is 6.75. The van der Waals surface area contributed by atoms with Crippen LogP contribution in [0.3, 0.4) is 0 Å².